The van der Waals surface area contributed by atoms with Crippen LogP contribution in [0.15, 0.2) is 36.4 Å². The highest BCUT2D eigenvalue weighted by molar-refractivity contribution is 5.44. The first-order chi connectivity index (χ1) is 22.2. The maximum atomic E-state index is 6.88. The molecule has 0 radical (unpaired) electrons. The summed E-state index contributed by atoms with van der Waals surface area (Å²) in [4.78, 5) is 0. The Bertz CT molecular complexity index is 882. The van der Waals surface area contributed by atoms with Gasteiger partial charge in [-0.25, -0.2) is 0 Å². The molecule has 0 aliphatic rings. The fourth-order valence-corrected chi connectivity index (χ4v) is 6.70. The molecule has 0 fully saturated rings. The minimum absolute atomic E-state index is 1.10. The van der Waals surface area contributed by atoms with E-state index in [9.17, 15) is 0 Å². The Balaban J connectivity index is 2.13. The Morgan fingerprint density at radius 1 is 0.333 bits per heavy atom. The van der Waals surface area contributed by atoms with Crippen LogP contribution < -0.4 is 4.74 Å². The predicted octanol–water partition coefficient (Wildman–Crippen LogP) is 15.1. The molecule has 1 nitrogen and oxygen atoms in total. The van der Waals surface area contributed by atoms with Crippen LogP contribution in [0.4, 0.5) is 0 Å². The lowest BCUT2D eigenvalue weighted by molar-refractivity contribution is 0.465. The van der Waals surface area contributed by atoms with Crippen LogP contribution in [0, 0.1) is 0 Å². The van der Waals surface area contributed by atoms with E-state index in [1.54, 1.807) is 0 Å². The minimum Gasteiger partial charge on any atom is -0.457 e. The first kappa shape index (κ1) is 39.4. The normalized spacial score (nSPS) is 11.4. The second-order valence-electron chi connectivity index (χ2n) is 14.1. The van der Waals surface area contributed by atoms with Gasteiger partial charge in [0.05, 0.1) is 0 Å². The van der Waals surface area contributed by atoms with Gasteiger partial charge in [-0.2, -0.15) is 0 Å². The molecule has 256 valence electrons. The Hall–Kier alpha value is -1.76. The highest BCUT2D eigenvalue weighted by Crippen LogP contribution is 2.33. The molecular formula is C44H74O. The van der Waals surface area contributed by atoms with Crippen LogP contribution in [0.25, 0.3) is 0 Å². The smallest absolute Gasteiger partial charge is 0.130 e. The first-order valence-electron chi connectivity index (χ1n) is 20.1. The molecule has 0 N–H and O–H groups in total. The van der Waals surface area contributed by atoms with Crippen LogP contribution in [0.2, 0.25) is 0 Å². The van der Waals surface area contributed by atoms with Crippen molar-refractivity contribution in [3.05, 3.63) is 58.7 Å². The van der Waals surface area contributed by atoms with Gasteiger partial charge in [0.1, 0.15) is 11.5 Å². The van der Waals surface area contributed by atoms with E-state index in [4.69, 9.17) is 4.74 Å². The Morgan fingerprint density at radius 3 is 0.956 bits per heavy atom. The zero-order valence-corrected chi connectivity index (χ0v) is 30.7. The van der Waals surface area contributed by atoms with Gasteiger partial charge < -0.3 is 4.74 Å². The van der Waals surface area contributed by atoms with E-state index in [1.165, 1.54) is 189 Å². The molecule has 0 aromatic heterocycles. The van der Waals surface area contributed by atoms with E-state index in [0.717, 1.165) is 24.3 Å². The molecule has 0 spiro atoms. The summed E-state index contributed by atoms with van der Waals surface area (Å²) in [5.74, 6) is 2.20. The van der Waals surface area contributed by atoms with E-state index >= 15 is 0 Å². The third kappa shape index (κ3) is 18.8. The molecule has 0 aliphatic carbocycles. The highest BCUT2D eigenvalue weighted by Gasteiger charge is 2.12. The molecule has 0 amide bonds. The van der Waals surface area contributed by atoms with Crippen LogP contribution >= 0.6 is 0 Å². The molecule has 45 heavy (non-hydrogen) atoms. The zero-order valence-electron chi connectivity index (χ0n) is 30.7. The van der Waals surface area contributed by atoms with E-state index in [-0.39, 0.29) is 0 Å². The van der Waals surface area contributed by atoms with E-state index < -0.39 is 0 Å². The number of aryl methyl sites for hydroxylation is 4. The van der Waals surface area contributed by atoms with Crippen molar-refractivity contribution in [3.8, 4) is 11.5 Å². The molecular weight excluding hydrogens is 544 g/mol. The summed E-state index contributed by atoms with van der Waals surface area (Å²) in [5, 5.41) is 0. The summed E-state index contributed by atoms with van der Waals surface area (Å²) < 4.78 is 6.88. The van der Waals surface area contributed by atoms with Gasteiger partial charge >= 0.3 is 0 Å². The highest BCUT2D eigenvalue weighted by atomic mass is 16.5. The fraction of sp³-hybridized carbons (Fsp3) is 0.727. The van der Waals surface area contributed by atoms with Crippen molar-refractivity contribution >= 4 is 0 Å². The quantitative estimate of drug-likeness (QED) is 0.0791. The summed E-state index contributed by atoms with van der Waals surface area (Å²) in [5.41, 5.74) is 5.85. The molecule has 0 aliphatic heterocycles. The van der Waals surface area contributed by atoms with Crippen molar-refractivity contribution in [2.75, 3.05) is 0 Å². The number of ether oxygens (including phenoxy) is 1. The zero-order chi connectivity index (χ0) is 32.2. The van der Waals surface area contributed by atoms with Gasteiger partial charge in [0.25, 0.3) is 0 Å². The lowest BCUT2D eigenvalue weighted by Crippen LogP contribution is -1.99. The molecule has 0 saturated heterocycles. The second kappa shape index (κ2) is 27.4. The first-order valence-corrected chi connectivity index (χ1v) is 20.1. The van der Waals surface area contributed by atoms with Crippen molar-refractivity contribution in [2.24, 2.45) is 0 Å². The van der Waals surface area contributed by atoms with Crippen LogP contribution in [0.5, 0.6) is 11.5 Å². The van der Waals surface area contributed by atoms with Crippen molar-refractivity contribution in [2.45, 2.75) is 207 Å². The largest absolute Gasteiger partial charge is 0.457 e. The van der Waals surface area contributed by atoms with E-state index in [0.29, 0.717) is 0 Å². The molecule has 1 heteroatoms. The lowest BCUT2D eigenvalue weighted by Gasteiger charge is -2.17. The van der Waals surface area contributed by atoms with Crippen molar-refractivity contribution in [1.29, 1.82) is 0 Å². The molecule has 0 atom stereocenters. The summed E-state index contributed by atoms with van der Waals surface area (Å²) >= 11 is 0. The second-order valence-corrected chi connectivity index (χ2v) is 14.1. The molecule has 0 unspecified atom stereocenters. The average molecular weight is 619 g/mol. The summed E-state index contributed by atoms with van der Waals surface area (Å²) in [7, 11) is 0. The van der Waals surface area contributed by atoms with Gasteiger partial charge in [-0.15, -0.1) is 0 Å². The molecule has 0 saturated carbocycles. The van der Waals surface area contributed by atoms with Gasteiger partial charge in [-0.3, -0.25) is 0 Å². The monoisotopic (exact) mass is 619 g/mol. The van der Waals surface area contributed by atoms with Gasteiger partial charge in [-0.05, 0) is 85.8 Å². The van der Waals surface area contributed by atoms with Gasteiger partial charge in [0, 0.05) is 0 Å². The van der Waals surface area contributed by atoms with E-state index in [1.807, 2.05) is 0 Å². The van der Waals surface area contributed by atoms with Crippen LogP contribution in [-0.2, 0) is 25.7 Å². The number of rotatable bonds is 30. The summed E-state index contributed by atoms with van der Waals surface area (Å²) in [6.07, 6.45) is 37.0. The van der Waals surface area contributed by atoms with Crippen molar-refractivity contribution in [3.63, 3.8) is 0 Å². The number of hydrogen-bond donors (Lipinski definition) is 0. The molecule has 2 rings (SSSR count). The molecule has 2 aromatic carbocycles. The van der Waals surface area contributed by atoms with Gasteiger partial charge in [0.2, 0.25) is 0 Å². The third-order valence-corrected chi connectivity index (χ3v) is 9.71. The predicted molar refractivity (Wildman–Crippen MR) is 201 cm³/mol. The molecule has 0 heterocycles. The summed E-state index contributed by atoms with van der Waals surface area (Å²) in [6, 6.07) is 14.3. The van der Waals surface area contributed by atoms with Gasteiger partial charge in [0.15, 0.2) is 0 Å². The minimum atomic E-state index is 1.10. The molecule has 2 aromatic rings. The maximum absolute atomic E-state index is 6.88. The van der Waals surface area contributed by atoms with Crippen LogP contribution in [-0.4, -0.2) is 0 Å². The fourth-order valence-electron chi connectivity index (χ4n) is 6.70. The van der Waals surface area contributed by atoms with Crippen LogP contribution in [0.3, 0.4) is 0 Å². The number of benzene rings is 2. The number of unbranched alkanes of at least 4 members (excludes halogenated alkanes) is 20. The Labute approximate surface area is 281 Å². The summed E-state index contributed by atoms with van der Waals surface area (Å²) in [6.45, 7) is 9.22. The lowest BCUT2D eigenvalue weighted by atomic mass is 9.98. The van der Waals surface area contributed by atoms with Crippen molar-refractivity contribution in [1.82, 2.24) is 0 Å². The van der Waals surface area contributed by atoms with Crippen LogP contribution in [0.1, 0.15) is 204 Å². The topological polar surface area (TPSA) is 9.23 Å². The standard InChI is InChI=1S/C44H74O/c1-5-9-13-17-21-25-29-39-33-35-43(41(37-39)31-27-23-19-15-11-7-3)45-44-36-34-40(30-26-22-18-14-10-6-2)38-42(44)32-28-24-20-16-12-8-4/h33-38H,5-32H2,1-4H3. The maximum Gasteiger partial charge on any atom is 0.130 e. The Morgan fingerprint density at radius 2 is 0.622 bits per heavy atom. The van der Waals surface area contributed by atoms with Gasteiger partial charge in [-0.1, -0.05) is 180 Å². The Kier molecular flexibility index (Phi) is 24.0. The molecule has 0 bridgehead atoms. The van der Waals surface area contributed by atoms with E-state index in [2.05, 4.69) is 64.1 Å². The number of hydrogen-bond acceptors (Lipinski definition) is 1. The SMILES string of the molecule is CCCCCCCCc1ccc(Oc2ccc(CCCCCCCC)cc2CCCCCCCC)c(CCCCCCCC)c1. The third-order valence-electron chi connectivity index (χ3n) is 9.71. The van der Waals surface area contributed by atoms with Crippen molar-refractivity contribution < 1.29 is 4.74 Å². The average Bonchev–Trinajstić information content (AvgIpc) is 3.05.